The minimum absolute atomic E-state index is 0.598. The molecule has 4 nitrogen and oxygen atoms in total. The second-order valence-electron chi connectivity index (χ2n) is 10.4. The van der Waals surface area contributed by atoms with E-state index in [4.69, 9.17) is 8.83 Å². The Morgan fingerprint density at radius 3 is 1.45 bits per heavy atom. The van der Waals surface area contributed by atoms with Crippen LogP contribution in [0.25, 0.3) is 55.0 Å². The van der Waals surface area contributed by atoms with Gasteiger partial charge in [0.2, 0.25) is 0 Å². The third-order valence-electron chi connectivity index (χ3n) is 7.99. The Morgan fingerprint density at radius 2 is 0.929 bits per heavy atom. The number of nitrogens with zero attached hydrogens (tertiary/aromatic N) is 1. The molecule has 0 aliphatic heterocycles. The van der Waals surface area contributed by atoms with Crippen molar-refractivity contribution in [3.8, 4) is 17.2 Å². The predicted molar refractivity (Wildman–Crippen MR) is 171 cm³/mol. The Balaban J connectivity index is 1.31. The van der Waals surface area contributed by atoms with E-state index in [9.17, 15) is 5.26 Å². The zero-order valence-electron chi connectivity index (χ0n) is 22.3. The van der Waals surface area contributed by atoms with Gasteiger partial charge < -0.3 is 13.4 Å². The van der Waals surface area contributed by atoms with Crippen LogP contribution in [0.2, 0.25) is 0 Å². The molecule has 0 aliphatic rings. The second-order valence-corrected chi connectivity index (χ2v) is 13.2. The van der Waals surface area contributed by atoms with Gasteiger partial charge >= 0.3 is 0 Å². The zero-order chi connectivity index (χ0) is 28.3. The van der Waals surface area contributed by atoms with Gasteiger partial charge in [0.1, 0.15) is 22.3 Å². The molecular weight excluding hydrogens is 537 g/mol. The summed E-state index contributed by atoms with van der Waals surface area (Å²) < 4.78 is 27.3. The summed E-state index contributed by atoms with van der Waals surface area (Å²) in [5, 5.41) is 15.5. The molecule has 0 unspecified atom stereocenters. The Hall–Kier alpha value is -5.36. The SMILES string of the molecule is N#Cc1ccc2oc3ccc(-c4ccc5oc6ccc(P(=O)(c7ccccc7)c7ccccc7)cc6c5c4)cc3c2c1. The first-order valence-corrected chi connectivity index (χ1v) is 15.4. The van der Waals surface area contributed by atoms with Crippen molar-refractivity contribution < 1.29 is 13.4 Å². The number of furan rings is 2. The van der Waals surface area contributed by atoms with Crippen LogP contribution in [0.3, 0.4) is 0 Å². The number of hydrogen-bond donors (Lipinski definition) is 0. The summed E-state index contributed by atoms with van der Waals surface area (Å²) in [6.07, 6.45) is 0. The van der Waals surface area contributed by atoms with Crippen molar-refractivity contribution in [2.24, 2.45) is 0 Å². The molecule has 0 bridgehead atoms. The number of nitriles is 1. The van der Waals surface area contributed by atoms with Crippen LogP contribution >= 0.6 is 7.14 Å². The fourth-order valence-corrected chi connectivity index (χ4v) is 8.56. The van der Waals surface area contributed by atoms with Gasteiger partial charge in [0.05, 0.1) is 11.6 Å². The summed E-state index contributed by atoms with van der Waals surface area (Å²) in [6, 6.07) is 45.3. The normalized spacial score (nSPS) is 11.9. The maximum atomic E-state index is 15.0. The third kappa shape index (κ3) is 3.72. The molecule has 42 heavy (non-hydrogen) atoms. The molecule has 5 heteroatoms. The third-order valence-corrected chi connectivity index (χ3v) is 11.0. The van der Waals surface area contributed by atoms with Crippen LogP contribution in [0.5, 0.6) is 0 Å². The van der Waals surface area contributed by atoms with Crippen molar-refractivity contribution in [2.75, 3.05) is 0 Å². The van der Waals surface area contributed by atoms with Crippen LogP contribution in [0.15, 0.2) is 142 Å². The van der Waals surface area contributed by atoms with Gasteiger partial charge in [0.25, 0.3) is 0 Å². The van der Waals surface area contributed by atoms with E-state index in [1.807, 2.05) is 109 Å². The predicted octanol–water partition coefficient (Wildman–Crippen LogP) is 8.66. The fourth-order valence-electron chi connectivity index (χ4n) is 5.89. The summed E-state index contributed by atoms with van der Waals surface area (Å²) in [4.78, 5) is 0. The number of benzene rings is 6. The molecule has 0 amide bonds. The van der Waals surface area contributed by atoms with Gasteiger partial charge in [-0.05, 0) is 71.8 Å². The summed E-state index contributed by atoms with van der Waals surface area (Å²) in [7, 11) is -3.13. The van der Waals surface area contributed by atoms with Gasteiger partial charge in [-0.1, -0.05) is 72.8 Å². The summed E-state index contributed by atoms with van der Waals surface area (Å²) in [6.45, 7) is 0. The van der Waals surface area contributed by atoms with E-state index in [-0.39, 0.29) is 0 Å². The number of rotatable bonds is 4. The lowest BCUT2D eigenvalue weighted by Gasteiger charge is -2.20. The van der Waals surface area contributed by atoms with Gasteiger partial charge in [0.15, 0.2) is 7.14 Å². The van der Waals surface area contributed by atoms with Crippen LogP contribution in [0, 0.1) is 11.3 Å². The van der Waals surface area contributed by atoms with E-state index < -0.39 is 7.14 Å². The van der Waals surface area contributed by atoms with E-state index in [1.54, 1.807) is 6.07 Å². The summed E-state index contributed by atoms with van der Waals surface area (Å²) >= 11 is 0. The molecular formula is C37H22NO3P. The average Bonchev–Trinajstić information content (AvgIpc) is 3.61. The van der Waals surface area contributed by atoms with Crippen LogP contribution in [-0.2, 0) is 4.57 Å². The highest BCUT2D eigenvalue weighted by Gasteiger charge is 2.30. The Kier molecular flexibility index (Phi) is 5.44. The molecule has 8 aromatic rings. The average molecular weight is 560 g/mol. The molecule has 0 saturated heterocycles. The molecule has 0 radical (unpaired) electrons. The molecule has 2 heterocycles. The first-order valence-electron chi connectivity index (χ1n) is 13.7. The Morgan fingerprint density at radius 1 is 0.476 bits per heavy atom. The monoisotopic (exact) mass is 559 g/mol. The van der Waals surface area contributed by atoms with Crippen LogP contribution < -0.4 is 15.9 Å². The van der Waals surface area contributed by atoms with Gasteiger partial charge in [-0.15, -0.1) is 0 Å². The van der Waals surface area contributed by atoms with Crippen molar-refractivity contribution >= 4 is 66.9 Å². The smallest absolute Gasteiger partial charge is 0.171 e. The molecule has 2 aromatic heterocycles. The minimum atomic E-state index is -3.13. The first-order chi connectivity index (χ1) is 20.6. The van der Waals surface area contributed by atoms with Crippen molar-refractivity contribution in [1.29, 1.82) is 5.26 Å². The molecule has 6 aromatic carbocycles. The summed E-state index contributed by atoms with van der Waals surface area (Å²) in [5.41, 5.74) is 5.71. The highest BCUT2D eigenvalue weighted by Crippen LogP contribution is 2.44. The topological polar surface area (TPSA) is 67.1 Å². The van der Waals surface area contributed by atoms with Gasteiger partial charge in [-0.25, -0.2) is 0 Å². The minimum Gasteiger partial charge on any atom is -0.456 e. The van der Waals surface area contributed by atoms with E-state index in [0.29, 0.717) is 5.56 Å². The van der Waals surface area contributed by atoms with E-state index >= 15 is 4.57 Å². The maximum Gasteiger partial charge on any atom is 0.171 e. The standard InChI is InChI=1S/C37H22NO3P/c38-23-24-11-15-34-30(19-24)31-20-25(12-16-35(31)40-34)26-13-17-36-32(21-26)33-22-29(14-18-37(33)41-36)42(39,27-7-3-1-4-8-27)28-9-5-2-6-10-28/h1-22H. The first kappa shape index (κ1) is 24.4. The van der Waals surface area contributed by atoms with Crippen LogP contribution in [0.4, 0.5) is 0 Å². The van der Waals surface area contributed by atoms with E-state index in [0.717, 1.165) is 70.9 Å². The van der Waals surface area contributed by atoms with Crippen molar-refractivity contribution in [3.63, 3.8) is 0 Å². The summed E-state index contributed by atoms with van der Waals surface area (Å²) in [5.74, 6) is 0. The second kappa shape index (κ2) is 9.35. The lowest BCUT2D eigenvalue weighted by atomic mass is 10.0. The lowest BCUT2D eigenvalue weighted by Crippen LogP contribution is -2.24. The van der Waals surface area contributed by atoms with Crippen molar-refractivity contribution in [3.05, 3.63) is 139 Å². The van der Waals surface area contributed by atoms with E-state index in [2.05, 4.69) is 24.3 Å². The molecule has 0 spiro atoms. The quantitative estimate of drug-likeness (QED) is 0.202. The van der Waals surface area contributed by atoms with Gasteiger partial charge in [-0.3, -0.25) is 0 Å². The lowest BCUT2D eigenvalue weighted by molar-refractivity contribution is 0.592. The highest BCUT2D eigenvalue weighted by atomic mass is 31.2. The molecule has 0 saturated carbocycles. The fraction of sp³-hybridized carbons (Fsp3) is 0. The van der Waals surface area contributed by atoms with Gasteiger partial charge in [0, 0.05) is 37.5 Å². The van der Waals surface area contributed by atoms with Crippen LogP contribution in [-0.4, -0.2) is 0 Å². The molecule has 0 aliphatic carbocycles. The largest absolute Gasteiger partial charge is 0.456 e. The van der Waals surface area contributed by atoms with E-state index in [1.165, 1.54) is 0 Å². The van der Waals surface area contributed by atoms with Crippen molar-refractivity contribution in [2.45, 2.75) is 0 Å². The molecule has 8 rings (SSSR count). The zero-order valence-corrected chi connectivity index (χ0v) is 23.2. The molecule has 0 N–H and O–H groups in total. The number of fused-ring (bicyclic) bond motifs is 6. The molecule has 0 atom stereocenters. The Bertz CT molecular complexity index is 2350. The maximum absolute atomic E-state index is 15.0. The number of hydrogen-bond acceptors (Lipinski definition) is 4. The Labute approximate surface area is 241 Å². The highest BCUT2D eigenvalue weighted by molar-refractivity contribution is 7.85. The van der Waals surface area contributed by atoms with Crippen LogP contribution in [0.1, 0.15) is 5.56 Å². The van der Waals surface area contributed by atoms with Gasteiger partial charge in [-0.2, -0.15) is 5.26 Å². The molecule has 0 fully saturated rings. The molecule has 198 valence electrons. The van der Waals surface area contributed by atoms with Crippen molar-refractivity contribution in [1.82, 2.24) is 0 Å².